The summed E-state index contributed by atoms with van der Waals surface area (Å²) in [6, 6.07) is 10.9. The fraction of sp³-hybridized carbons (Fsp3) is 0.333. The van der Waals surface area contributed by atoms with Crippen molar-refractivity contribution in [3.05, 3.63) is 52.4 Å². The van der Waals surface area contributed by atoms with E-state index >= 15 is 0 Å². The first-order valence-electron chi connectivity index (χ1n) is 8.08. The Morgan fingerprint density at radius 3 is 2.48 bits per heavy atom. The normalized spacial score (nSPS) is 15.2. The van der Waals surface area contributed by atoms with E-state index in [4.69, 9.17) is 14.9 Å². The summed E-state index contributed by atoms with van der Waals surface area (Å²) in [6.45, 7) is 1.27. The molecule has 1 aliphatic heterocycles. The van der Waals surface area contributed by atoms with Crippen LogP contribution < -0.4 is 10.5 Å². The number of nitrogens with zero attached hydrogens (tertiary/aromatic N) is 1. The number of amides is 2. The van der Waals surface area contributed by atoms with E-state index in [1.165, 1.54) is 0 Å². The SMILES string of the molecule is NC(=O)C1CCN(C(=O)c2ccc(COc3ccc(Br)cc3)o2)CC1. The predicted molar refractivity (Wildman–Crippen MR) is 95.0 cm³/mol. The van der Waals surface area contributed by atoms with E-state index in [1.807, 2.05) is 24.3 Å². The van der Waals surface area contributed by atoms with Gasteiger partial charge in [0.1, 0.15) is 18.1 Å². The molecule has 0 radical (unpaired) electrons. The third kappa shape index (κ3) is 4.42. The van der Waals surface area contributed by atoms with Crippen molar-refractivity contribution in [1.82, 2.24) is 4.90 Å². The van der Waals surface area contributed by atoms with Crippen LogP contribution in [0.5, 0.6) is 5.75 Å². The minimum Gasteiger partial charge on any atom is -0.486 e. The summed E-state index contributed by atoms with van der Waals surface area (Å²) in [7, 11) is 0. The first-order chi connectivity index (χ1) is 12.0. The molecule has 0 saturated carbocycles. The maximum absolute atomic E-state index is 12.5. The smallest absolute Gasteiger partial charge is 0.289 e. The molecule has 0 unspecified atom stereocenters. The van der Waals surface area contributed by atoms with E-state index in [9.17, 15) is 9.59 Å². The van der Waals surface area contributed by atoms with Gasteiger partial charge in [-0.25, -0.2) is 0 Å². The van der Waals surface area contributed by atoms with Gasteiger partial charge < -0.3 is 19.8 Å². The number of nitrogens with two attached hydrogens (primary N) is 1. The molecule has 7 heteroatoms. The third-order valence-electron chi connectivity index (χ3n) is 4.25. The Bertz CT molecular complexity index is 749. The number of hydrogen-bond donors (Lipinski definition) is 1. The lowest BCUT2D eigenvalue weighted by molar-refractivity contribution is -0.123. The lowest BCUT2D eigenvalue weighted by Gasteiger charge is -2.29. The molecule has 1 saturated heterocycles. The zero-order valence-corrected chi connectivity index (χ0v) is 15.2. The van der Waals surface area contributed by atoms with Gasteiger partial charge in [0.15, 0.2) is 5.76 Å². The van der Waals surface area contributed by atoms with E-state index in [-0.39, 0.29) is 30.1 Å². The van der Waals surface area contributed by atoms with E-state index in [1.54, 1.807) is 17.0 Å². The largest absolute Gasteiger partial charge is 0.486 e. The van der Waals surface area contributed by atoms with E-state index in [0.717, 1.165) is 10.2 Å². The second-order valence-corrected chi connectivity index (χ2v) is 6.89. The van der Waals surface area contributed by atoms with Crippen molar-refractivity contribution in [3.8, 4) is 5.75 Å². The molecule has 2 N–H and O–H groups in total. The van der Waals surface area contributed by atoms with Crippen molar-refractivity contribution in [1.29, 1.82) is 0 Å². The fourth-order valence-electron chi connectivity index (χ4n) is 2.78. The van der Waals surface area contributed by atoms with Crippen LogP contribution in [0.1, 0.15) is 29.2 Å². The number of piperidine rings is 1. The first-order valence-corrected chi connectivity index (χ1v) is 8.88. The van der Waals surface area contributed by atoms with Crippen molar-refractivity contribution < 1.29 is 18.7 Å². The Labute approximate surface area is 154 Å². The lowest BCUT2D eigenvalue weighted by atomic mass is 9.96. The molecule has 3 rings (SSSR count). The molecule has 2 amide bonds. The number of hydrogen-bond acceptors (Lipinski definition) is 4. The maximum Gasteiger partial charge on any atom is 0.289 e. The van der Waals surface area contributed by atoms with Crippen LogP contribution in [0, 0.1) is 5.92 Å². The number of furan rings is 1. The molecule has 2 aromatic rings. The summed E-state index contributed by atoms with van der Waals surface area (Å²) >= 11 is 3.37. The van der Waals surface area contributed by atoms with Crippen LogP contribution in [0.25, 0.3) is 0 Å². The number of halogens is 1. The molecule has 6 nitrogen and oxygen atoms in total. The van der Waals surface area contributed by atoms with Crippen molar-refractivity contribution in [3.63, 3.8) is 0 Å². The molecule has 25 heavy (non-hydrogen) atoms. The highest BCUT2D eigenvalue weighted by Gasteiger charge is 2.27. The summed E-state index contributed by atoms with van der Waals surface area (Å²) < 4.78 is 12.2. The van der Waals surface area contributed by atoms with Gasteiger partial charge in [-0.3, -0.25) is 9.59 Å². The number of rotatable bonds is 5. The van der Waals surface area contributed by atoms with Crippen molar-refractivity contribution in [2.75, 3.05) is 13.1 Å². The molecule has 1 aromatic carbocycles. The molecule has 2 heterocycles. The summed E-state index contributed by atoms with van der Waals surface area (Å²) in [4.78, 5) is 25.4. The van der Waals surface area contributed by atoms with Gasteiger partial charge >= 0.3 is 0 Å². The molecule has 132 valence electrons. The molecule has 0 aliphatic carbocycles. The number of benzene rings is 1. The molecule has 1 aliphatic rings. The monoisotopic (exact) mass is 406 g/mol. The summed E-state index contributed by atoms with van der Waals surface area (Å²) in [5.74, 6) is 0.983. The van der Waals surface area contributed by atoms with Crippen LogP contribution in [-0.2, 0) is 11.4 Å². The van der Waals surface area contributed by atoms with Gasteiger partial charge in [0.05, 0.1) is 0 Å². The minimum absolute atomic E-state index is 0.143. The quantitative estimate of drug-likeness (QED) is 0.826. The summed E-state index contributed by atoms with van der Waals surface area (Å²) in [5, 5.41) is 0. The van der Waals surface area contributed by atoms with E-state index in [2.05, 4.69) is 15.9 Å². The van der Waals surface area contributed by atoms with Gasteiger partial charge in [0.25, 0.3) is 5.91 Å². The Morgan fingerprint density at radius 2 is 1.84 bits per heavy atom. The van der Waals surface area contributed by atoms with Gasteiger partial charge in [-0.1, -0.05) is 15.9 Å². The van der Waals surface area contributed by atoms with Gasteiger partial charge in [-0.2, -0.15) is 0 Å². The van der Waals surface area contributed by atoms with Crippen LogP contribution in [0.15, 0.2) is 45.3 Å². The van der Waals surface area contributed by atoms with E-state index in [0.29, 0.717) is 31.7 Å². The average molecular weight is 407 g/mol. The second kappa shape index (κ2) is 7.74. The highest BCUT2D eigenvalue weighted by Crippen LogP contribution is 2.21. The molecule has 1 fully saturated rings. The Kier molecular flexibility index (Phi) is 5.43. The molecule has 1 aromatic heterocycles. The molecule has 0 bridgehead atoms. The lowest BCUT2D eigenvalue weighted by Crippen LogP contribution is -2.41. The zero-order chi connectivity index (χ0) is 17.8. The second-order valence-electron chi connectivity index (χ2n) is 5.98. The zero-order valence-electron chi connectivity index (χ0n) is 13.6. The molecule has 0 spiro atoms. The van der Waals surface area contributed by atoms with Crippen LogP contribution in [0.4, 0.5) is 0 Å². The Morgan fingerprint density at radius 1 is 1.16 bits per heavy atom. The number of ether oxygens (including phenoxy) is 1. The first kappa shape index (κ1) is 17.5. The Balaban J connectivity index is 1.55. The van der Waals surface area contributed by atoms with Crippen LogP contribution in [-0.4, -0.2) is 29.8 Å². The topological polar surface area (TPSA) is 85.8 Å². The van der Waals surface area contributed by atoms with E-state index < -0.39 is 0 Å². The highest BCUT2D eigenvalue weighted by atomic mass is 79.9. The van der Waals surface area contributed by atoms with Gasteiger partial charge in [0.2, 0.25) is 5.91 Å². The van der Waals surface area contributed by atoms with Crippen LogP contribution >= 0.6 is 15.9 Å². The summed E-state index contributed by atoms with van der Waals surface area (Å²) in [6.07, 6.45) is 1.20. The van der Waals surface area contributed by atoms with Crippen LogP contribution in [0.2, 0.25) is 0 Å². The highest BCUT2D eigenvalue weighted by molar-refractivity contribution is 9.10. The number of primary amides is 1. The third-order valence-corrected chi connectivity index (χ3v) is 4.78. The van der Waals surface area contributed by atoms with Crippen molar-refractivity contribution >= 4 is 27.7 Å². The maximum atomic E-state index is 12.5. The number of likely N-dealkylation sites (tertiary alicyclic amines) is 1. The number of carbonyl (C=O) groups excluding carboxylic acids is 2. The van der Waals surface area contributed by atoms with Crippen molar-refractivity contribution in [2.24, 2.45) is 11.7 Å². The molecule has 0 atom stereocenters. The van der Waals surface area contributed by atoms with Gasteiger partial charge in [-0.15, -0.1) is 0 Å². The predicted octanol–water partition coefficient (Wildman–Crippen LogP) is 2.96. The Hall–Kier alpha value is -2.28. The summed E-state index contributed by atoms with van der Waals surface area (Å²) in [5.41, 5.74) is 5.32. The standard InChI is InChI=1S/C18H19BrN2O4/c19-13-1-3-14(4-2-13)24-11-15-5-6-16(25-15)18(23)21-9-7-12(8-10-21)17(20)22/h1-6,12H,7-11H2,(H2,20,22). The number of carbonyl (C=O) groups is 2. The molecular weight excluding hydrogens is 388 g/mol. The van der Waals surface area contributed by atoms with Gasteiger partial charge in [0, 0.05) is 23.5 Å². The average Bonchev–Trinajstić information content (AvgIpc) is 3.10. The fourth-order valence-corrected chi connectivity index (χ4v) is 3.04. The van der Waals surface area contributed by atoms with Crippen molar-refractivity contribution in [2.45, 2.75) is 19.4 Å². The molecular formula is C18H19BrN2O4. The van der Waals surface area contributed by atoms with Gasteiger partial charge in [-0.05, 0) is 49.2 Å². The van der Waals surface area contributed by atoms with Crippen LogP contribution in [0.3, 0.4) is 0 Å². The minimum atomic E-state index is -0.294.